The number of aromatic nitrogens is 1. The fourth-order valence-corrected chi connectivity index (χ4v) is 1.72. The van der Waals surface area contributed by atoms with Crippen LogP contribution in [-0.4, -0.2) is 23.2 Å². The van der Waals surface area contributed by atoms with Crippen molar-refractivity contribution in [2.75, 3.05) is 7.11 Å². The van der Waals surface area contributed by atoms with Crippen molar-refractivity contribution in [2.45, 2.75) is 0 Å². The van der Waals surface area contributed by atoms with E-state index in [4.69, 9.17) is 11.6 Å². The van der Waals surface area contributed by atoms with Gasteiger partial charge in [0.05, 0.1) is 23.8 Å². The number of esters is 1. The summed E-state index contributed by atoms with van der Waals surface area (Å²) in [6.07, 6.45) is 1.18. The van der Waals surface area contributed by atoms with Gasteiger partial charge in [0.1, 0.15) is 11.3 Å². The van der Waals surface area contributed by atoms with E-state index in [1.54, 1.807) is 18.2 Å². The molecule has 0 aliphatic carbocycles. The van der Waals surface area contributed by atoms with Gasteiger partial charge in [0, 0.05) is 5.39 Å². The smallest absolute Gasteiger partial charge is 0.342 e. The summed E-state index contributed by atoms with van der Waals surface area (Å²) in [5, 5.41) is 10.5. The summed E-state index contributed by atoms with van der Waals surface area (Å²) in [6.45, 7) is 0. The van der Waals surface area contributed by atoms with Gasteiger partial charge in [-0.3, -0.25) is 4.98 Å². The van der Waals surface area contributed by atoms with Crippen LogP contribution in [0.2, 0.25) is 5.02 Å². The lowest BCUT2D eigenvalue weighted by molar-refractivity contribution is 0.0599. The van der Waals surface area contributed by atoms with Crippen LogP contribution >= 0.6 is 11.6 Å². The predicted molar refractivity (Wildman–Crippen MR) is 59.8 cm³/mol. The lowest BCUT2D eigenvalue weighted by atomic mass is 10.1. The number of methoxy groups -OCH3 is 1. The van der Waals surface area contributed by atoms with Crippen LogP contribution < -0.4 is 0 Å². The Morgan fingerprint density at radius 3 is 2.94 bits per heavy atom. The molecule has 0 fully saturated rings. The van der Waals surface area contributed by atoms with Crippen molar-refractivity contribution in [3.63, 3.8) is 0 Å². The molecule has 0 saturated heterocycles. The van der Waals surface area contributed by atoms with Crippen molar-refractivity contribution in [3.05, 3.63) is 35.0 Å². The number of para-hydroxylation sites is 1. The van der Waals surface area contributed by atoms with E-state index >= 15 is 0 Å². The summed E-state index contributed by atoms with van der Waals surface area (Å²) in [5.74, 6) is -0.839. The largest absolute Gasteiger partial charge is 0.505 e. The molecule has 0 spiro atoms. The molecular formula is C11H8ClNO3. The van der Waals surface area contributed by atoms with E-state index in [9.17, 15) is 9.90 Å². The molecule has 0 amide bonds. The molecule has 1 aromatic carbocycles. The van der Waals surface area contributed by atoms with Gasteiger partial charge in [-0.15, -0.1) is 0 Å². The van der Waals surface area contributed by atoms with Crippen LogP contribution in [0.4, 0.5) is 0 Å². The number of aromatic hydroxyl groups is 1. The molecule has 4 nitrogen and oxygen atoms in total. The quantitative estimate of drug-likeness (QED) is 0.774. The molecule has 0 radical (unpaired) electrons. The number of carbonyl (C=O) groups excluding carboxylic acids is 1. The molecule has 1 N–H and O–H groups in total. The predicted octanol–water partition coefficient (Wildman–Crippen LogP) is 2.38. The fraction of sp³-hybridized carbons (Fsp3) is 0.0909. The van der Waals surface area contributed by atoms with Gasteiger partial charge in [-0.05, 0) is 6.07 Å². The SMILES string of the molecule is COC(=O)c1c(O)cnc2c(Cl)cccc12. The lowest BCUT2D eigenvalue weighted by Gasteiger charge is -2.07. The van der Waals surface area contributed by atoms with Gasteiger partial charge in [-0.1, -0.05) is 23.7 Å². The topological polar surface area (TPSA) is 59.4 Å². The van der Waals surface area contributed by atoms with Crippen molar-refractivity contribution in [1.29, 1.82) is 0 Å². The van der Waals surface area contributed by atoms with E-state index in [1.165, 1.54) is 13.3 Å². The number of benzene rings is 1. The Labute approximate surface area is 96.4 Å². The molecule has 0 aliphatic heterocycles. The van der Waals surface area contributed by atoms with E-state index < -0.39 is 5.97 Å². The van der Waals surface area contributed by atoms with Gasteiger partial charge in [-0.25, -0.2) is 4.79 Å². The monoisotopic (exact) mass is 237 g/mol. The Kier molecular flexibility index (Phi) is 2.66. The molecular weight excluding hydrogens is 230 g/mol. The first-order valence-electron chi connectivity index (χ1n) is 4.49. The second-order valence-electron chi connectivity index (χ2n) is 3.15. The number of hydrogen-bond acceptors (Lipinski definition) is 4. The van der Waals surface area contributed by atoms with Crippen molar-refractivity contribution >= 4 is 28.5 Å². The Hall–Kier alpha value is -1.81. The second-order valence-corrected chi connectivity index (χ2v) is 3.55. The van der Waals surface area contributed by atoms with Crippen molar-refractivity contribution in [3.8, 4) is 5.75 Å². The first-order valence-corrected chi connectivity index (χ1v) is 4.87. The molecule has 2 aromatic rings. The number of carbonyl (C=O) groups is 1. The molecule has 16 heavy (non-hydrogen) atoms. The summed E-state index contributed by atoms with van der Waals surface area (Å²) in [7, 11) is 1.25. The van der Waals surface area contributed by atoms with Crippen LogP contribution in [0.3, 0.4) is 0 Å². The van der Waals surface area contributed by atoms with Crippen LogP contribution in [-0.2, 0) is 4.74 Å². The molecule has 2 rings (SSSR count). The number of hydrogen-bond donors (Lipinski definition) is 1. The number of fused-ring (bicyclic) bond motifs is 1. The summed E-state index contributed by atoms with van der Waals surface area (Å²) < 4.78 is 4.60. The average Bonchev–Trinajstić information content (AvgIpc) is 2.28. The molecule has 1 aromatic heterocycles. The second kappa shape index (κ2) is 3.98. The van der Waals surface area contributed by atoms with Crippen LogP contribution in [0.1, 0.15) is 10.4 Å². The third kappa shape index (κ3) is 1.57. The van der Waals surface area contributed by atoms with E-state index in [2.05, 4.69) is 9.72 Å². The van der Waals surface area contributed by atoms with E-state index in [0.717, 1.165) is 0 Å². The zero-order valence-electron chi connectivity index (χ0n) is 8.40. The normalized spacial score (nSPS) is 10.4. The number of halogens is 1. The fourth-order valence-electron chi connectivity index (χ4n) is 1.49. The van der Waals surface area contributed by atoms with Gasteiger partial charge in [0.15, 0.2) is 0 Å². The van der Waals surface area contributed by atoms with Crippen molar-refractivity contribution < 1.29 is 14.6 Å². The summed E-state index contributed by atoms with van der Waals surface area (Å²) in [4.78, 5) is 15.5. The van der Waals surface area contributed by atoms with Gasteiger partial charge in [0.25, 0.3) is 0 Å². The Balaban J connectivity index is 2.85. The Bertz CT molecular complexity index is 568. The zero-order valence-corrected chi connectivity index (χ0v) is 9.15. The van der Waals surface area contributed by atoms with Crippen LogP contribution in [0.5, 0.6) is 5.75 Å². The highest BCUT2D eigenvalue weighted by molar-refractivity contribution is 6.35. The minimum Gasteiger partial charge on any atom is -0.505 e. The lowest BCUT2D eigenvalue weighted by Crippen LogP contribution is -2.03. The van der Waals surface area contributed by atoms with Gasteiger partial charge in [-0.2, -0.15) is 0 Å². The van der Waals surface area contributed by atoms with Gasteiger partial charge >= 0.3 is 5.97 Å². The van der Waals surface area contributed by atoms with E-state index in [0.29, 0.717) is 15.9 Å². The average molecular weight is 238 g/mol. The molecule has 0 unspecified atom stereocenters. The number of nitrogens with zero attached hydrogens (tertiary/aromatic N) is 1. The van der Waals surface area contributed by atoms with Crippen molar-refractivity contribution in [1.82, 2.24) is 4.98 Å². The highest BCUT2D eigenvalue weighted by atomic mass is 35.5. The van der Waals surface area contributed by atoms with Gasteiger partial charge < -0.3 is 9.84 Å². The maximum absolute atomic E-state index is 11.5. The Morgan fingerprint density at radius 2 is 2.25 bits per heavy atom. The standard InChI is InChI=1S/C11H8ClNO3/c1-16-11(15)9-6-3-2-4-7(12)10(6)13-5-8(9)14/h2-5,14H,1H3. The van der Waals surface area contributed by atoms with Gasteiger partial charge in [0.2, 0.25) is 0 Å². The van der Waals surface area contributed by atoms with E-state index in [-0.39, 0.29) is 11.3 Å². The molecule has 0 saturated carbocycles. The molecule has 0 aliphatic rings. The van der Waals surface area contributed by atoms with Crippen LogP contribution in [0, 0.1) is 0 Å². The molecule has 82 valence electrons. The highest BCUT2D eigenvalue weighted by Crippen LogP contribution is 2.29. The highest BCUT2D eigenvalue weighted by Gasteiger charge is 2.17. The molecule has 1 heterocycles. The summed E-state index contributed by atoms with van der Waals surface area (Å²) in [6, 6.07) is 4.99. The third-order valence-corrected chi connectivity index (χ3v) is 2.52. The zero-order chi connectivity index (χ0) is 11.7. The molecule has 0 atom stereocenters. The number of ether oxygens (including phenoxy) is 1. The number of rotatable bonds is 1. The van der Waals surface area contributed by atoms with Crippen LogP contribution in [0.15, 0.2) is 24.4 Å². The summed E-state index contributed by atoms with van der Waals surface area (Å²) in [5.41, 5.74) is 0.539. The minimum atomic E-state index is -0.618. The molecule has 5 heteroatoms. The van der Waals surface area contributed by atoms with E-state index in [1.807, 2.05) is 0 Å². The first-order chi connectivity index (χ1) is 7.65. The van der Waals surface area contributed by atoms with Crippen LogP contribution in [0.25, 0.3) is 10.9 Å². The first kappa shape index (κ1) is 10.7. The molecule has 0 bridgehead atoms. The minimum absolute atomic E-state index is 0.0787. The maximum atomic E-state index is 11.5. The Morgan fingerprint density at radius 1 is 1.50 bits per heavy atom. The third-order valence-electron chi connectivity index (χ3n) is 2.22. The van der Waals surface area contributed by atoms with Crippen molar-refractivity contribution in [2.24, 2.45) is 0 Å². The summed E-state index contributed by atoms with van der Waals surface area (Å²) >= 11 is 5.93. The maximum Gasteiger partial charge on any atom is 0.342 e. The number of pyridine rings is 1.